The molecule has 0 aliphatic carbocycles. The predicted octanol–water partition coefficient (Wildman–Crippen LogP) is 2.38. The third-order valence-electron chi connectivity index (χ3n) is 4.22. The van der Waals surface area contributed by atoms with Gasteiger partial charge in [0.25, 0.3) is 0 Å². The van der Waals surface area contributed by atoms with E-state index in [1.165, 1.54) is 0 Å². The summed E-state index contributed by atoms with van der Waals surface area (Å²) in [5, 5.41) is 16.8. The first kappa shape index (κ1) is 17.7. The molecule has 0 aromatic carbocycles. The van der Waals surface area contributed by atoms with E-state index in [9.17, 15) is 9.90 Å². The molecule has 5 nitrogen and oxygen atoms in total. The van der Waals surface area contributed by atoms with Crippen molar-refractivity contribution in [2.45, 2.75) is 60.0 Å². The normalized spacial score (nSPS) is 14.2. The van der Waals surface area contributed by atoms with Crippen LogP contribution in [-0.4, -0.2) is 28.8 Å². The molecule has 21 heavy (non-hydrogen) atoms. The first-order valence-corrected chi connectivity index (χ1v) is 7.78. The number of aromatic nitrogens is 1. The second-order valence-electron chi connectivity index (χ2n) is 5.80. The second kappa shape index (κ2) is 8.17. The van der Waals surface area contributed by atoms with Crippen LogP contribution in [0.4, 0.5) is 0 Å². The quantitative estimate of drug-likeness (QED) is 0.772. The molecule has 1 rings (SSSR count). The van der Waals surface area contributed by atoms with Crippen LogP contribution in [-0.2, 0) is 11.2 Å². The lowest BCUT2D eigenvalue weighted by Gasteiger charge is -2.21. The third kappa shape index (κ3) is 4.84. The highest BCUT2D eigenvalue weighted by Crippen LogP contribution is 2.17. The summed E-state index contributed by atoms with van der Waals surface area (Å²) in [5.41, 5.74) is 1.84. The first-order chi connectivity index (χ1) is 9.90. The summed E-state index contributed by atoms with van der Waals surface area (Å²) < 4.78 is 5.11. The van der Waals surface area contributed by atoms with E-state index in [4.69, 9.17) is 4.52 Å². The Morgan fingerprint density at radius 1 is 1.33 bits per heavy atom. The van der Waals surface area contributed by atoms with Gasteiger partial charge in [-0.3, -0.25) is 4.79 Å². The van der Waals surface area contributed by atoms with Gasteiger partial charge in [-0.1, -0.05) is 38.8 Å². The highest BCUT2D eigenvalue weighted by Gasteiger charge is 2.21. The van der Waals surface area contributed by atoms with Gasteiger partial charge in [0.2, 0.25) is 5.91 Å². The Balaban J connectivity index is 2.48. The van der Waals surface area contributed by atoms with Gasteiger partial charge in [-0.05, 0) is 26.2 Å². The molecule has 2 atom stereocenters. The van der Waals surface area contributed by atoms with Gasteiger partial charge in [-0.25, -0.2) is 0 Å². The van der Waals surface area contributed by atoms with E-state index in [1.54, 1.807) is 0 Å². The Hall–Kier alpha value is -1.36. The lowest BCUT2D eigenvalue weighted by atomic mass is 9.96. The van der Waals surface area contributed by atoms with Crippen LogP contribution in [0.2, 0.25) is 0 Å². The van der Waals surface area contributed by atoms with Crippen LogP contribution in [0.3, 0.4) is 0 Å². The molecule has 120 valence electrons. The monoisotopic (exact) mass is 296 g/mol. The molecule has 0 radical (unpaired) electrons. The van der Waals surface area contributed by atoms with Crippen molar-refractivity contribution in [3.63, 3.8) is 0 Å². The fourth-order valence-electron chi connectivity index (χ4n) is 2.57. The average molecular weight is 296 g/mol. The number of nitrogens with zero attached hydrogens (tertiary/aromatic N) is 1. The molecule has 1 amide bonds. The SMILES string of the molecule is CCC(CC)C(O)CNC(=O)C(C)Cc1c(C)noc1C. The predicted molar refractivity (Wildman–Crippen MR) is 81.9 cm³/mol. The minimum Gasteiger partial charge on any atom is -0.391 e. The summed E-state index contributed by atoms with van der Waals surface area (Å²) in [7, 11) is 0. The highest BCUT2D eigenvalue weighted by molar-refractivity contribution is 5.78. The van der Waals surface area contributed by atoms with Crippen molar-refractivity contribution in [2.75, 3.05) is 6.54 Å². The van der Waals surface area contributed by atoms with Gasteiger partial charge in [-0.2, -0.15) is 0 Å². The van der Waals surface area contributed by atoms with Crippen LogP contribution in [0.5, 0.6) is 0 Å². The van der Waals surface area contributed by atoms with Crippen molar-refractivity contribution in [3.05, 3.63) is 17.0 Å². The van der Waals surface area contributed by atoms with Crippen molar-refractivity contribution in [3.8, 4) is 0 Å². The van der Waals surface area contributed by atoms with E-state index >= 15 is 0 Å². The summed E-state index contributed by atoms with van der Waals surface area (Å²) >= 11 is 0. The van der Waals surface area contributed by atoms with Gasteiger partial charge < -0.3 is 14.9 Å². The van der Waals surface area contributed by atoms with Crippen molar-refractivity contribution in [1.29, 1.82) is 0 Å². The fourth-order valence-corrected chi connectivity index (χ4v) is 2.57. The van der Waals surface area contributed by atoms with Crippen molar-refractivity contribution < 1.29 is 14.4 Å². The van der Waals surface area contributed by atoms with Crippen LogP contribution in [0.15, 0.2) is 4.52 Å². The Labute approximate surface area is 127 Å². The molecule has 0 bridgehead atoms. The van der Waals surface area contributed by atoms with Gasteiger partial charge >= 0.3 is 0 Å². The highest BCUT2D eigenvalue weighted by atomic mass is 16.5. The molecule has 0 aliphatic heterocycles. The molecule has 5 heteroatoms. The van der Waals surface area contributed by atoms with Gasteiger partial charge in [-0.15, -0.1) is 0 Å². The number of carbonyl (C=O) groups excluding carboxylic acids is 1. The maximum Gasteiger partial charge on any atom is 0.223 e. The first-order valence-electron chi connectivity index (χ1n) is 7.78. The topological polar surface area (TPSA) is 75.4 Å². The number of hydrogen-bond donors (Lipinski definition) is 2. The summed E-state index contributed by atoms with van der Waals surface area (Å²) in [5.74, 6) is 0.795. The van der Waals surface area contributed by atoms with Crippen LogP contribution in [0, 0.1) is 25.7 Å². The summed E-state index contributed by atoms with van der Waals surface area (Å²) in [6.45, 7) is 10.0. The molecule has 0 saturated carbocycles. The Morgan fingerprint density at radius 3 is 2.43 bits per heavy atom. The number of hydrogen-bond acceptors (Lipinski definition) is 4. The minimum absolute atomic E-state index is 0.0417. The summed E-state index contributed by atoms with van der Waals surface area (Å²) in [6.07, 6.45) is 1.97. The van der Waals surface area contributed by atoms with E-state index in [2.05, 4.69) is 24.3 Å². The number of aryl methyl sites for hydroxylation is 2. The van der Waals surface area contributed by atoms with Crippen LogP contribution < -0.4 is 5.32 Å². The van der Waals surface area contributed by atoms with Gasteiger partial charge in [0.05, 0.1) is 11.8 Å². The van der Waals surface area contributed by atoms with E-state index in [-0.39, 0.29) is 17.7 Å². The van der Waals surface area contributed by atoms with E-state index < -0.39 is 6.10 Å². The Bertz CT molecular complexity index is 433. The van der Waals surface area contributed by atoms with Crippen molar-refractivity contribution in [1.82, 2.24) is 10.5 Å². The zero-order chi connectivity index (χ0) is 16.0. The number of amides is 1. The lowest BCUT2D eigenvalue weighted by molar-refractivity contribution is -0.125. The molecule has 2 unspecified atom stereocenters. The molecule has 0 spiro atoms. The molecule has 2 N–H and O–H groups in total. The third-order valence-corrected chi connectivity index (χ3v) is 4.22. The zero-order valence-corrected chi connectivity index (χ0v) is 13.8. The number of rotatable bonds is 8. The zero-order valence-electron chi connectivity index (χ0n) is 13.8. The number of nitrogens with one attached hydrogen (secondary N) is 1. The van der Waals surface area contributed by atoms with E-state index in [1.807, 2.05) is 20.8 Å². The smallest absolute Gasteiger partial charge is 0.223 e. The minimum atomic E-state index is -0.477. The fraction of sp³-hybridized carbons (Fsp3) is 0.750. The van der Waals surface area contributed by atoms with Crippen LogP contribution in [0.1, 0.15) is 50.6 Å². The van der Waals surface area contributed by atoms with Gasteiger partial charge in [0.1, 0.15) is 5.76 Å². The average Bonchev–Trinajstić information content (AvgIpc) is 2.77. The lowest BCUT2D eigenvalue weighted by Crippen LogP contribution is -2.39. The standard InChI is InChI=1S/C16H28N2O3/c1-6-13(7-2)15(19)9-17-16(20)10(3)8-14-11(4)18-21-12(14)5/h10,13,15,19H,6-9H2,1-5H3,(H,17,20). The second-order valence-corrected chi connectivity index (χ2v) is 5.80. The Kier molecular flexibility index (Phi) is 6.89. The molecule has 1 aromatic heterocycles. The maximum absolute atomic E-state index is 12.1. The Morgan fingerprint density at radius 2 is 1.95 bits per heavy atom. The number of aliphatic hydroxyl groups excluding tert-OH is 1. The van der Waals surface area contributed by atoms with Gasteiger partial charge in [0, 0.05) is 18.0 Å². The molecular formula is C16H28N2O3. The number of aliphatic hydroxyl groups is 1. The molecule has 0 saturated heterocycles. The molecular weight excluding hydrogens is 268 g/mol. The van der Waals surface area contributed by atoms with Gasteiger partial charge in [0.15, 0.2) is 0 Å². The maximum atomic E-state index is 12.1. The van der Waals surface area contributed by atoms with Crippen molar-refractivity contribution in [2.24, 2.45) is 11.8 Å². The molecule has 0 aliphatic rings. The van der Waals surface area contributed by atoms with Crippen molar-refractivity contribution >= 4 is 5.91 Å². The van der Waals surface area contributed by atoms with Crippen LogP contribution >= 0.6 is 0 Å². The largest absolute Gasteiger partial charge is 0.391 e. The van der Waals surface area contributed by atoms with Crippen LogP contribution in [0.25, 0.3) is 0 Å². The van der Waals surface area contributed by atoms with E-state index in [0.29, 0.717) is 13.0 Å². The summed E-state index contributed by atoms with van der Waals surface area (Å²) in [4.78, 5) is 12.1. The summed E-state index contributed by atoms with van der Waals surface area (Å²) in [6, 6.07) is 0. The number of carbonyl (C=O) groups is 1. The molecule has 1 aromatic rings. The molecule has 0 fully saturated rings. The molecule has 1 heterocycles. The van der Waals surface area contributed by atoms with E-state index in [0.717, 1.165) is 29.9 Å².